The van der Waals surface area contributed by atoms with Gasteiger partial charge in [0, 0.05) is 36.7 Å². The topological polar surface area (TPSA) is 73.8 Å². The zero-order valence-electron chi connectivity index (χ0n) is 14.8. The smallest absolute Gasteiger partial charge is 0.250 e. The summed E-state index contributed by atoms with van der Waals surface area (Å²) in [6.07, 6.45) is 0. The Morgan fingerprint density at radius 1 is 1.44 bits per heavy atom. The lowest BCUT2D eigenvalue weighted by atomic mass is 10.2. The first-order valence-electron chi connectivity index (χ1n) is 8.04. The lowest BCUT2D eigenvalue weighted by molar-refractivity contribution is 0.376. The van der Waals surface area contributed by atoms with Crippen molar-refractivity contribution in [3.05, 3.63) is 17.5 Å². The zero-order chi connectivity index (χ0) is 17.6. The van der Waals surface area contributed by atoms with Gasteiger partial charge in [-0.3, -0.25) is 4.99 Å². The van der Waals surface area contributed by atoms with Crippen LogP contribution < -0.4 is 10.0 Å². The van der Waals surface area contributed by atoms with Crippen molar-refractivity contribution in [3.63, 3.8) is 0 Å². The van der Waals surface area contributed by atoms with E-state index in [1.54, 1.807) is 17.5 Å². The molecule has 6 nitrogen and oxygen atoms in total. The van der Waals surface area contributed by atoms with Gasteiger partial charge in [-0.2, -0.15) is 11.8 Å². The monoisotopic (exact) mass is 518 g/mol. The molecular formula is C15H27IN4O2S3. The highest BCUT2D eigenvalue weighted by molar-refractivity contribution is 14.0. The summed E-state index contributed by atoms with van der Waals surface area (Å²) in [5.74, 6) is 1.93. The third kappa shape index (κ3) is 7.24. The number of nitrogens with zero attached hydrogens (tertiary/aromatic N) is 2. The number of nitrogens with one attached hydrogen (secondary N) is 2. The van der Waals surface area contributed by atoms with E-state index in [0.717, 1.165) is 31.3 Å². The Bertz CT molecular complexity index is 648. The number of aliphatic imine (C=N–C) groups is 1. The molecule has 1 aliphatic heterocycles. The van der Waals surface area contributed by atoms with Crippen molar-refractivity contribution in [1.29, 1.82) is 0 Å². The van der Waals surface area contributed by atoms with Crippen molar-refractivity contribution in [2.75, 3.05) is 38.5 Å². The van der Waals surface area contributed by atoms with E-state index in [2.05, 4.69) is 33.8 Å². The summed E-state index contributed by atoms with van der Waals surface area (Å²) in [5, 5.41) is 5.06. The van der Waals surface area contributed by atoms with Crippen LogP contribution in [0.5, 0.6) is 0 Å². The summed E-state index contributed by atoms with van der Waals surface area (Å²) in [6.45, 7) is 9.91. The number of hydrogen-bond acceptors (Lipinski definition) is 5. The van der Waals surface area contributed by atoms with Crippen molar-refractivity contribution in [1.82, 2.24) is 14.9 Å². The van der Waals surface area contributed by atoms with Crippen LogP contribution in [0.25, 0.3) is 0 Å². The largest absolute Gasteiger partial charge is 0.357 e. The lowest BCUT2D eigenvalue weighted by Gasteiger charge is -2.39. The minimum atomic E-state index is -3.41. The number of halogens is 1. The van der Waals surface area contributed by atoms with Gasteiger partial charge in [0.05, 0.1) is 6.54 Å². The van der Waals surface area contributed by atoms with Gasteiger partial charge < -0.3 is 10.2 Å². The number of hydrogen-bond donors (Lipinski definition) is 2. The van der Waals surface area contributed by atoms with Gasteiger partial charge in [-0.25, -0.2) is 13.1 Å². The number of thiophene rings is 1. The van der Waals surface area contributed by atoms with Gasteiger partial charge in [0.25, 0.3) is 0 Å². The van der Waals surface area contributed by atoms with E-state index in [1.165, 1.54) is 11.3 Å². The Labute approximate surface area is 176 Å². The summed E-state index contributed by atoms with van der Waals surface area (Å²) in [6, 6.07) is 3.34. The number of guanidine groups is 1. The van der Waals surface area contributed by atoms with E-state index >= 15 is 0 Å². The molecule has 0 spiro atoms. The molecule has 0 unspecified atom stereocenters. The Morgan fingerprint density at radius 2 is 2.20 bits per heavy atom. The summed E-state index contributed by atoms with van der Waals surface area (Å²) >= 11 is 3.19. The van der Waals surface area contributed by atoms with Crippen LogP contribution in [0.15, 0.2) is 26.7 Å². The number of sulfonamides is 1. The lowest BCUT2D eigenvalue weighted by Crippen LogP contribution is -2.51. The molecule has 0 radical (unpaired) electrons. The van der Waals surface area contributed by atoms with Crippen LogP contribution in [0.4, 0.5) is 0 Å². The normalized spacial score (nSPS) is 17.9. The third-order valence-electron chi connectivity index (χ3n) is 3.49. The molecule has 144 valence electrons. The van der Waals surface area contributed by atoms with Gasteiger partial charge >= 0.3 is 0 Å². The van der Waals surface area contributed by atoms with Crippen LogP contribution in [0.3, 0.4) is 0 Å². The molecule has 1 aliphatic rings. The predicted octanol–water partition coefficient (Wildman–Crippen LogP) is 2.44. The summed E-state index contributed by atoms with van der Waals surface area (Å²) in [4.78, 5) is 6.84. The molecule has 1 saturated heterocycles. The molecule has 0 aromatic carbocycles. The highest BCUT2D eigenvalue weighted by Crippen LogP contribution is 2.29. The van der Waals surface area contributed by atoms with Gasteiger partial charge in [-0.15, -0.1) is 35.3 Å². The zero-order valence-corrected chi connectivity index (χ0v) is 19.6. The maximum Gasteiger partial charge on any atom is 0.250 e. The van der Waals surface area contributed by atoms with Crippen LogP contribution in [0.1, 0.15) is 20.8 Å². The fraction of sp³-hybridized carbons (Fsp3) is 0.667. The Kier molecular flexibility index (Phi) is 9.51. The predicted molar refractivity (Wildman–Crippen MR) is 119 cm³/mol. The van der Waals surface area contributed by atoms with Gasteiger partial charge in [-0.05, 0) is 32.2 Å². The molecule has 2 N–H and O–H groups in total. The Morgan fingerprint density at radius 3 is 2.80 bits per heavy atom. The highest BCUT2D eigenvalue weighted by Gasteiger charge is 2.28. The van der Waals surface area contributed by atoms with Crippen molar-refractivity contribution in [3.8, 4) is 0 Å². The van der Waals surface area contributed by atoms with Gasteiger partial charge in [0.15, 0.2) is 5.96 Å². The van der Waals surface area contributed by atoms with Crippen LogP contribution in [0, 0.1) is 0 Å². The van der Waals surface area contributed by atoms with Gasteiger partial charge in [0.2, 0.25) is 10.0 Å². The summed E-state index contributed by atoms with van der Waals surface area (Å²) in [7, 11) is -3.41. The second-order valence-corrected chi connectivity index (χ2v) is 10.8. The molecule has 0 aliphatic carbocycles. The SMILES string of the molecule is CCNC(=NCCNS(=O)(=O)c1cccs1)N1CCSC(C)(C)C1.I. The fourth-order valence-electron chi connectivity index (χ4n) is 2.45. The standard InChI is InChI=1S/C15H26N4O2S3.HI/c1-4-16-14(19-9-11-23-15(2,3)12-19)17-7-8-18-24(20,21)13-6-5-10-22-13;/h5-6,10,18H,4,7-9,11-12H2,1-3H3,(H,16,17);1H. The van der Waals surface area contributed by atoms with E-state index in [-0.39, 0.29) is 28.7 Å². The van der Waals surface area contributed by atoms with Crippen LogP contribution in [0.2, 0.25) is 0 Å². The number of rotatable bonds is 6. The van der Waals surface area contributed by atoms with E-state index in [1.807, 2.05) is 18.7 Å². The van der Waals surface area contributed by atoms with Gasteiger partial charge in [-0.1, -0.05) is 6.07 Å². The average Bonchev–Trinajstić information content (AvgIpc) is 3.04. The van der Waals surface area contributed by atoms with E-state index < -0.39 is 10.0 Å². The maximum absolute atomic E-state index is 12.1. The first-order chi connectivity index (χ1) is 11.3. The average molecular weight is 519 g/mol. The van der Waals surface area contributed by atoms with Crippen LogP contribution in [-0.4, -0.2) is 62.5 Å². The minimum absolute atomic E-state index is 0. The van der Waals surface area contributed by atoms with Crippen molar-refractivity contribution in [2.45, 2.75) is 29.7 Å². The molecule has 1 fully saturated rings. The molecular weight excluding hydrogens is 491 g/mol. The molecule has 0 bridgehead atoms. The molecule has 1 aromatic heterocycles. The first kappa shape index (κ1) is 23.0. The molecule has 2 rings (SSSR count). The second kappa shape index (κ2) is 10.3. The third-order valence-corrected chi connectivity index (χ3v) is 7.64. The molecule has 1 aromatic rings. The molecule has 0 atom stereocenters. The van der Waals surface area contributed by atoms with E-state index in [9.17, 15) is 8.42 Å². The highest BCUT2D eigenvalue weighted by atomic mass is 127. The Hall–Kier alpha value is -0.0400. The second-order valence-electron chi connectivity index (χ2n) is 6.10. The van der Waals surface area contributed by atoms with Crippen molar-refractivity contribution in [2.24, 2.45) is 4.99 Å². The van der Waals surface area contributed by atoms with Crippen molar-refractivity contribution < 1.29 is 8.42 Å². The van der Waals surface area contributed by atoms with Crippen molar-refractivity contribution >= 4 is 63.1 Å². The quantitative estimate of drug-likeness (QED) is 0.262. The maximum atomic E-state index is 12.1. The number of thioether (sulfide) groups is 1. The summed E-state index contributed by atoms with van der Waals surface area (Å²) in [5.41, 5.74) is 0. The molecule has 25 heavy (non-hydrogen) atoms. The molecule has 10 heteroatoms. The molecule has 0 amide bonds. The minimum Gasteiger partial charge on any atom is -0.357 e. The summed E-state index contributed by atoms with van der Waals surface area (Å²) < 4.78 is 27.3. The fourth-order valence-corrected chi connectivity index (χ4v) is 5.62. The van der Waals surface area contributed by atoms with E-state index in [0.29, 0.717) is 17.3 Å². The van der Waals surface area contributed by atoms with Crippen LogP contribution >= 0.6 is 47.1 Å². The molecule has 0 saturated carbocycles. The van der Waals surface area contributed by atoms with E-state index in [4.69, 9.17) is 0 Å². The Balaban J connectivity index is 0.00000312. The first-order valence-corrected chi connectivity index (χ1v) is 11.4. The molecule has 2 heterocycles. The van der Waals surface area contributed by atoms with Crippen LogP contribution in [-0.2, 0) is 10.0 Å². The van der Waals surface area contributed by atoms with Gasteiger partial charge in [0.1, 0.15) is 4.21 Å².